The highest BCUT2D eigenvalue weighted by molar-refractivity contribution is 8.32. The van der Waals surface area contributed by atoms with E-state index in [-0.39, 0.29) is 10.6 Å². The van der Waals surface area contributed by atoms with Crippen molar-refractivity contribution >= 4 is 20.4 Å². The van der Waals surface area contributed by atoms with Gasteiger partial charge in [-0.25, -0.2) is 3.63 Å². The third-order valence-corrected chi connectivity index (χ3v) is 7.70. The van der Waals surface area contributed by atoms with Crippen molar-refractivity contribution in [2.75, 3.05) is 6.26 Å². The van der Waals surface area contributed by atoms with E-state index in [0.717, 1.165) is 0 Å². The fraction of sp³-hybridized carbons (Fsp3) is 0.143. The van der Waals surface area contributed by atoms with Gasteiger partial charge in [-0.3, -0.25) is 0 Å². The zero-order valence-electron chi connectivity index (χ0n) is 11.8. The molecule has 0 aromatic heterocycles. The first-order valence-electron chi connectivity index (χ1n) is 6.21. The molecule has 126 valence electrons. The third kappa shape index (κ3) is 3.62. The Labute approximate surface area is 133 Å². The molecule has 0 aliphatic carbocycles. The van der Waals surface area contributed by atoms with Crippen molar-refractivity contribution in [3.63, 3.8) is 0 Å². The molecule has 0 fully saturated rings. The lowest BCUT2D eigenvalue weighted by molar-refractivity contribution is -0.0496. The number of halogens is 3. The standard InChI is InChI=1S/C14H13F3O4S2/c1-22(12-5-3-2-4-6-12,13-9-7-11(18)8-10-13)21-23(19,20)14(15,16)17/h2-10,18H,1H3. The third-order valence-electron chi connectivity index (χ3n) is 2.99. The Kier molecular flexibility index (Phi) is 4.65. The van der Waals surface area contributed by atoms with Crippen molar-refractivity contribution in [2.45, 2.75) is 15.3 Å². The normalized spacial score (nSPS) is 16.5. The minimum absolute atomic E-state index is 0.0951. The van der Waals surface area contributed by atoms with Gasteiger partial charge in [0, 0.05) is 9.79 Å². The van der Waals surface area contributed by atoms with Crippen molar-refractivity contribution in [1.82, 2.24) is 0 Å². The summed E-state index contributed by atoms with van der Waals surface area (Å²) in [4.78, 5) is 0.535. The Hall–Kier alpha value is -1.71. The largest absolute Gasteiger partial charge is 0.523 e. The predicted molar refractivity (Wildman–Crippen MR) is 80.7 cm³/mol. The van der Waals surface area contributed by atoms with Crippen LogP contribution in [0.5, 0.6) is 5.75 Å². The molecular formula is C14H13F3O4S2. The van der Waals surface area contributed by atoms with Crippen LogP contribution < -0.4 is 0 Å². The fourth-order valence-electron chi connectivity index (χ4n) is 1.82. The molecule has 0 amide bonds. The van der Waals surface area contributed by atoms with Gasteiger partial charge in [-0.15, -0.1) is 0 Å². The van der Waals surface area contributed by atoms with E-state index in [1.54, 1.807) is 18.2 Å². The highest BCUT2D eigenvalue weighted by Gasteiger charge is 2.50. The summed E-state index contributed by atoms with van der Waals surface area (Å²) in [5, 5.41) is 9.32. The Morgan fingerprint density at radius 2 is 1.39 bits per heavy atom. The minimum Gasteiger partial charge on any atom is -0.508 e. The summed E-state index contributed by atoms with van der Waals surface area (Å²) in [6, 6.07) is 13.0. The van der Waals surface area contributed by atoms with Gasteiger partial charge in [0.25, 0.3) is 0 Å². The van der Waals surface area contributed by atoms with Crippen LogP contribution in [-0.4, -0.2) is 25.3 Å². The number of alkyl halides is 3. The van der Waals surface area contributed by atoms with Crippen molar-refractivity contribution < 1.29 is 30.3 Å². The Balaban J connectivity index is 2.60. The van der Waals surface area contributed by atoms with Gasteiger partial charge in [-0.1, -0.05) is 28.5 Å². The van der Waals surface area contributed by atoms with Gasteiger partial charge in [0.15, 0.2) is 0 Å². The summed E-state index contributed by atoms with van der Waals surface area (Å²) in [6.45, 7) is 0. The van der Waals surface area contributed by atoms with Gasteiger partial charge < -0.3 is 5.11 Å². The monoisotopic (exact) mass is 366 g/mol. The predicted octanol–water partition coefficient (Wildman–Crippen LogP) is 4.03. The Bertz CT molecular complexity index is 774. The van der Waals surface area contributed by atoms with Gasteiger partial charge in [0.05, 0.1) is 0 Å². The number of phenolic OH excluding ortho intramolecular Hbond substituents is 1. The smallest absolute Gasteiger partial charge is 0.508 e. The summed E-state index contributed by atoms with van der Waals surface area (Å²) in [5.74, 6) is -0.0951. The molecule has 1 N–H and O–H groups in total. The van der Waals surface area contributed by atoms with E-state index in [1.165, 1.54) is 42.7 Å². The van der Waals surface area contributed by atoms with Crippen LogP contribution in [0.15, 0.2) is 64.4 Å². The lowest BCUT2D eigenvalue weighted by Gasteiger charge is -2.35. The van der Waals surface area contributed by atoms with Crippen LogP contribution in [0, 0.1) is 0 Å². The first-order valence-corrected chi connectivity index (χ1v) is 9.58. The molecule has 0 bridgehead atoms. The van der Waals surface area contributed by atoms with Crippen molar-refractivity contribution in [1.29, 1.82) is 0 Å². The molecule has 0 aliphatic heterocycles. The molecule has 0 saturated carbocycles. The lowest BCUT2D eigenvalue weighted by Crippen LogP contribution is -2.27. The number of rotatable bonds is 4. The van der Waals surface area contributed by atoms with Crippen molar-refractivity contribution in [2.24, 2.45) is 0 Å². The van der Waals surface area contributed by atoms with Gasteiger partial charge in [-0.05, 0) is 42.7 Å². The molecule has 1 unspecified atom stereocenters. The molecule has 0 aliphatic rings. The molecule has 0 saturated heterocycles. The maximum atomic E-state index is 12.7. The van der Waals surface area contributed by atoms with Crippen LogP contribution in [-0.2, 0) is 13.7 Å². The lowest BCUT2D eigenvalue weighted by atomic mass is 10.3. The first-order chi connectivity index (χ1) is 10.6. The van der Waals surface area contributed by atoms with Gasteiger partial charge in [0.1, 0.15) is 5.75 Å². The average molecular weight is 366 g/mol. The zero-order valence-corrected chi connectivity index (χ0v) is 13.5. The van der Waals surface area contributed by atoms with Gasteiger partial charge in [-0.2, -0.15) is 21.6 Å². The van der Waals surface area contributed by atoms with Crippen LogP contribution in [0.3, 0.4) is 0 Å². The highest BCUT2D eigenvalue weighted by atomic mass is 32.3. The quantitative estimate of drug-likeness (QED) is 0.830. The van der Waals surface area contributed by atoms with Crippen LogP contribution in [0.4, 0.5) is 13.2 Å². The molecule has 1 atom stereocenters. The topological polar surface area (TPSA) is 63.6 Å². The Morgan fingerprint density at radius 3 is 1.87 bits per heavy atom. The molecule has 2 aromatic rings. The van der Waals surface area contributed by atoms with E-state index in [0.29, 0.717) is 4.90 Å². The molecule has 0 spiro atoms. The SMILES string of the molecule is CS(OS(=O)(=O)C(F)(F)F)(c1ccccc1)c1ccc(O)cc1. The van der Waals surface area contributed by atoms with E-state index < -0.39 is 25.9 Å². The summed E-state index contributed by atoms with van der Waals surface area (Å²) in [5.41, 5.74) is -5.52. The van der Waals surface area contributed by atoms with Crippen LogP contribution in [0.2, 0.25) is 0 Å². The van der Waals surface area contributed by atoms with Gasteiger partial charge >= 0.3 is 15.6 Å². The zero-order chi connectivity index (χ0) is 17.3. The van der Waals surface area contributed by atoms with E-state index in [1.807, 2.05) is 0 Å². The molecule has 0 heterocycles. The second-order valence-corrected chi connectivity index (χ2v) is 9.16. The number of hydrogen-bond donors (Lipinski definition) is 1. The number of phenols is 1. The van der Waals surface area contributed by atoms with E-state index in [4.69, 9.17) is 0 Å². The first kappa shape index (κ1) is 17.6. The minimum atomic E-state index is -5.79. The number of hydrogen-bond acceptors (Lipinski definition) is 4. The second-order valence-electron chi connectivity index (χ2n) is 4.62. The Morgan fingerprint density at radius 1 is 0.913 bits per heavy atom. The van der Waals surface area contributed by atoms with E-state index in [2.05, 4.69) is 3.63 Å². The second kappa shape index (κ2) is 6.06. The maximum absolute atomic E-state index is 12.7. The van der Waals surface area contributed by atoms with E-state index >= 15 is 0 Å². The molecule has 9 heteroatoms. The number of benzene rings is 2. The number of aromatic hydroxyl groups is 1. The van der Waals surface area contributed by atoms with Gasteiger partial charge in [0.2, 0.25) is 0 Å². The summed E-state index contributed by atoms with van der Waals surface area (Å²) < 4.78 is 65.8. The fourth-order valence-corrected chi connectivity index (χ4v) is 5.79. The van der Waals surface area contributed by atoms with Crippen LogP contribution >= 0.6 is 10.3 Å². The summed E-state index contributed by atoms with van der Waals surface area (Å²) >= 11 is 0. The average Bonchev–Trinajstić information content (AvgIpc) is 2.47. The molecule has 23 heavy (non-hydrogen) atoms. The highest BCUT2D eigenvalue weighted by Crippen LogP contribution is 2.62. The molecule has 0 radical (unpaired) electrons. The van der Waals surface area contributed by atoms with Crippen molar-refractivity contribution in [3.05, 3.63) is 54.6 Å². The molecule has 2 aromatic carbocycles. The molecular weight excluding hydrogens is 353 g/mol. The van der Waals surface area contributed by atoms with Crippen molar-refractivity contribution in [3.8, 4) is 5.75 Å². The molecule has 4 nitrogen and oxygen atoms in total. The maximum Gasteiger partial charge on any atom is 0.523 e. The summed E-state index contributed by atoms with van der Waals surface area (Å²) in [6.07, 6.45) is 1.30. The van der Waals surface area contributed by atoms with E-state index in [9.17, 15) is 26.7 Å². The van der Waals surface area contributed by atoms with Crippen LogP contribution in [0.1, 0.15) is 0 Å². The summed E-state index contributed by atoms with van der Waals surface area (Å²) in [7, 11) is -8.76. The van der Waals surface area contributed by atoms with Crippen LogP contribution in [0.25, 0.3) is 0 Å². The molecule has 2 rings (SSSR count).